The maximum absolute atomic E-state index is 13.3. The Morgan fingerprint density at radius 1 is 1.09 bits per heavy atom. The van der Waals surface area contributed by atoms with E-state index in [2.05, 4.69) is 29.6 Å². The first kappa shape index (κ1) is 24.7. The Kier molecular flexibility index (Phi) is 7.40. The summed E-state index contributed by atoms with van der Waals surface area (Å²) in [5, 5.41) is 12.1. The number of carbonyl (C=O) groups excluding carboxylic acids is 2. The number of nitrogens with one attached hydrogen (secondary N) is 1. The predicted molar refractivity (Wildman–Crippen MR) is 132 cm³/mol. The average Bonchev–Trinajstić information content (AvgIpc) is 3.15. The van der Waals surface area contributed by atoms with Gasteiger partial charge in [0.25, 0.3) is 0 Å². The van der Waals surface area contributed by atoms with Gasteiger partial charge in [-0.2, -0.15) is 0 Å². The molecule has 2 aliphatic rings. The van der Waals surface area contributed by atoms with Crippen molar-refractivity contribution in [1.29, 1.82) is 0 Å². The van der Waals surface area contributed by atoms with Gasteiger partial charge < -0.3 is 25.0 Å². The van der Waals surface area contributed by atoms with Crippen molar-refractivity contribution >= 4 is 18.0 Å². The number of hydrogen-bond acceptors (Lipinski definition) is 5. The molecule has 0 aromatic heterocycles. The fourth-order valence-electron chi connectivity index (χ4n) is 5.27. The Morgan fingerprint density at radius 2 is 1.69 bits per heavy atom. The van der Waals surface area contributed by atoms with Crippen LogP contribution in [0.25, 0.3) is 11.1 Å². The summed E-state index contributed by atoms with van der Waals surface area (Å²) in [6, 6.07) is 15.5. The SMILES string of the molecule is CC1CN(C(=O)C(CN(C)C)NC(=O)OCC2c3ccccc3-c3ccccc32)CCC1C(=O)O. The number of amides is 2. The van der Waals surface area contributed by atoms with Gasteiger partial charge in [0.05, 0.1) is 5.92 Å². The van der Waals surface area contributed by atoms with Gasteiger partial charge in [-0.15, -0.1) is 0 Å². The Labute approximate surface area is 205 Å². The largest absolute Gasteiger partial charge is 0.481 e. The summed E-state index contributed by atoms with van der Waals surface area (Å²) in [5.74, 6) is -1.72. The summed E-state index contributed by atoms with van der Waals surface area (Å²) in [6.07, 6.45) is -0.234. The highest BCUT2D eigenvalue weighted by Gasteiger charge is 2.36. The van der Waals surface area contributed by atoms with Gasteiger partial charge in [-0.1, -0.05) is 55.5 Å². The number of alkyl carbamates (subject to hydrolysis) is 1. The van der Waals surface area contributed by atoms with Gasteiger partial charge in [0.15, 0.2) is 0 Å². The zero-order chi connectivity index (χ0) is 25.1. The maximum atomic E-state index is 13.3. The van der Waals surface area contributed by atoms with Crippen molar-refractivity contribution in [2.24, 2.45) is 11.8 Å². The standard InChI is InChI=1S/C27H33N3O5/c1-17-14-30(13-12-18(17)26(32)33)25(31)24(15-29(2)3)28-27(34)35-16-23-21-10-6-4-8-19(21)20-9-5-7-11-22(20)23/h4-11,17-18,23-24H,12-16H2,1-3H3,(H,28,34)(H,32,33). The first-order chi connectivity index (χ1) is 16.8. The predicted octanol–water partition coefficient (Wildman–Crippen LogP) is 3.02. The summed E-state index contributed by atoms with van der Waals surface area (Å²) in [4.78, 5) is 41.0. The summed E-state index contributed by atoms with van der Waals surface area (Å²) in [5.41, 5.74) is 4.55. The minimum Gasteiger partial charge on any atom is -0.481 e. The Bertz CT molecular complexity index is 1060. The Balaban J connectivity index is 1.41. The van der Waals surface area contributed by atoms with E-state index in [1.165, 1.54) is 0 Å². The highest BCUT2D eigenvalue weighted by molar-refractivity contribution is 5.86. The van der Waals surface area contributed by atoms with Gasteiger partial charge in [-0.25, -0.2) is 4.79 Å². The number of piperidine rings is 1. The van der Waals surface area contributed by atoms with Crippen LogP contribution in [0, 0.1) is 11.8 Å². The minimum absolute atomic E-state index is 0.0629. The van der Waals surface area contributed by atoms with Gasteiger partial charge in [-0.3, -0.25) is 9.59 Å². The van der Waals surface area contributed by atoms with Gasteiger partial charge >= 0.3 is 12.1 Å². The second-order valence-electron chi connectivity index (χ2n) is 9.78. The lowest BCUT2D eigenvalue weighted by atomic mass is 9.87. The molecule has 8 heteroatoms. The van der Waals surface area contributed by atoms with Gasteiger partial charge in [-0.05, 0) is 48.7 Å². The monoisotopic (exact) mass is 479 g/mol. The molecule has 8 nitrogen and oxygen atoms in total. The lowest BCUT2D eigenvalue weighted by molar-refractivity contribution is -0.148. The van der Waals surface area contributed by atoms with Crippen molar-refractivity contribution in [3.8, 4) is 11.1 Å². The molecule has 3 atom stereocenters. The summed E-state index contributed by atoms with van der Waals surface area (Å²) < 4.78 is 5.64. The van der Waals surface area contributed by atoms with E-state index in [0.717, 1.165) is 22.3 Å². The van der Waals surface area contributed by atoms with E-state index in [4.69, 9.17) is 4.74 Å². The first-order valence-corrected chi connectivity index (χ1v) is 12.0. The molecular formula is C27H33N3O5. The van der Waals surface area contributed by atoms with Crippen molar-refractivity contribution in [3.63, 3.8) is 0 Å². The van der Waals surface area contributed by atoms with Gasteiger partial charge in [0.2, 0.25) is 5.91 Å². The van der Waals surface area contributed by atoms with Crippen molar-refractivity contribution in [2.75, 3.05) is 40.3 Å². The average molecular weight is 480 g/mol. The highest BCUT2D eigenvalue weighted by atomic mass is 16.5. The Morgan fingerprint density at radius 3 is 2.23 bits per heavy atom. The van der Waals surface area contributed by atoms with Crippen LogP contribution in [0.15, 0.2) is 48.5 Å². The highest BCUT2D eigenvalue weighted by Crippen LogP contribution is 2.44. The summed E-state index contributed by atoms with van der Waals surface area (Å²) >= 11 is 0. The van der Waals surface area contributed by atoms with Crippen LogP contribution in [-0.2, 0) is 14.3 Å². The molecule has 186 valence electrons. The molecule has 35 heavy (non-hydrogen) atoms. The molecule has 1 saturated heterocycles. The molecule has 0 bridgehead atoms. The van der Waals surface area contributed by atoms with Crippen LogP contribution in [0.4, 0.5) is 4.79 Å². The molecule has 1 fully saturated rings. The quantitative estimate of drug-likeness (QED) is 0.633. The fourth-order valence-corrected chi connectivity index (χ4v) is 5.27. The molecule has 0 saturated carbocycles. The molecule has 2 amide bonds. The molecule has 2 N–H and O–H groups in total. The normalized spacial score (nSPS) is 20.2. The topological polar surface area (TPSA) is 99.2 Å². The molecule has 1 heterocycles. The third kappa shape index (κ3) is 5.32. The first-order valence-electron chi connectivity index (χ1n) is 12.0. The molecule has 2 aromatic carbocycles. The van der Waals surface area contributed by atoms with E-state index in [0.29, 0.717) is 26.1 Å². The van der Waals surface area contributed by atoms with Crippen molar-refractivity contribution < 1.29 is 24.2 Å². The van der Waals surface area contributed by atoms with Crippen LogP contribution in [-0.4, -0.2) is 79.3 Å². The van der Waals surface area contributed by atoms with E-state index >= 15 is 0 Å². The zero-order valence-corrected chi connectivity index (χ0v) is 20.4. The number of rotatable bonds is 7. The molecule has 1 aliphatic heterocycles. The molecule has 0 radical (unpaired) electrons. The zero-order valence-electron chi connectivity index (χ0n) is 20.4. The molecule has 4 rings (SSSR count). The van der Waals surface area contributed by atoms with Crippen LogP contribution in [0.1, 0.15) is 30.4 Å². The smallest absolute Gasteiger partial charge is 0.407 e. The number of likely N-dealkylation sites (N-methyl/N-ethyl adjacent to an activating group) is 1. The fraction of sp³-hybridized carbons (Fsp3) is 0.444. The third-order valence-corrected chi connectivity index (χ3v) is 7.02. The number of carbonyl (C=O) groups is 3. The van der Waals surface area contributed by atoms with E-state index in [-0.39, 0.29) is 24.3 Å². The lowest BCUT2D eigenvalue weighted by Gasteiger charge is -2.37. The number of hydrogen-bond donors (Lipinski definition) is 2. The van der Waals surface area contributed by atoms with Crippen LogP contribution in [0.3, 0.4) is 0 Å². The van der Waals surface area contributed by atoms with E-state index in [1.54, 1.807) is 4.90 Å². The van der Waals surface area contributed by atoms with E-state index < -0.39 is 24.0 Å². The number of benzene rings is 2. The van der Waals surface area contributed by atoms with Gasteiger partial charge in [0.1, 0.15) is 12.6 Å². The second-order valence-corrected chi connectivity index (χ2v) is 9.78. The number of likely N-dealkylation sites (tertiary alicyclic amines) is 1. The van der Waals surface area contributed by atoms with Crippen molar-refractivity contribution in [3.05, 3.63) is 59.7 Å². The van der Waals surface area contributed by atoms with E-state index in [1.807, 2.05) is 50.2 Å². The number of fused-ring (bicyclic) bond motifs is 3. The molecule has 1 aliphatic carbocycles. The van der Waals surface area contributed by atoms with E-state index in [9.17, 15) is 19.5 Å². The minimum atomic E-state index is -0.828. The summed E-state index contributed by atoms with van der Waals surface area (Å²) in [6.45, 7) is 3.04. The number of carboxylic acid groups (broad SMARTS) is 1. The lowest BCUT2D eigenvalue weighted by Crippen LogP contribution is -2.56. The second kappa shape index (κ2) is 10.5. The molecule has 3 unspecified atom stereocenters. The van der Waals surface area contributed by atoms with Crippen LogP contribution >= 0.6 is 0 Å². The number of aliphatic carboxylic acids is 1. The Hall–Kier alpha value is -3.39. The van der Waals surface area contributed by atoms with Crippen LogP contribution in [0.2, 0.25) is 0 Å². The maximum Gasteiger partial charge on any atom is 0.407 e. The summed E-state index contributed by atoms with van der Waals surface area (Å²) in [7, 11) is 3.66. The number of nitrogens with zero attached hydrogens (tertiary/aromatic N) is 2. The number of carboxylic acids is 1. The number of ether oxygens (including phenoxy) is 1. The third-order valence-electron chi connectivity index (χ3n) is 7.02. The van der Waals surface area contributed by atoms with Gasteiger partial charge in [0, 0.05) is 25.6 Å². The molecule has 2 aromatic rings. The van der Waals surface area contributed by atoms with Crippen molar-refractivity contribution in [1.82, 2.24) is 15.1 Å². The van der Waals surface area contributed by atoms with Crippen LogP contribution < -0.4 is 5.32 Å². The van der Waals surface area contributed by atoms with Crippen molar-refractivity contribution in [2.45, 2.75) is 25.3 Å². The molecular weight excluding hydrogens is 446 g/mol. The molecule has 0 spiro atoms. The van der Waals surface area contributed by atoms with Crippen LogP contribution in [0.5, 0.6) is 0 Å².